The zero-order valence-corrected chi connectivity index (χ0v) is 11.2. The van der Waals surface area contributed by atoms with Crippen LogP contribution in [0.3, 0.4) is 0 Å². The van der Waals surface area contributed by atoms with Crippen molar-refractivity contribution >= 4 is 51.1 Å². The van der Waals surface area contributed by atoms with Gasteiger partial charge in [-0.3, -0.25) is 4.79 Å². The molecule has 84 valence electrons. The van der Waals surface area contributed by atoms with E-state index in [9.17, 15) is 4.79 Å². The Kier molecular flexibility index (Phi) is 3.34. The van der Waals surface area contributed by atoms with Gasteiger partial charge in [-0.1, -0.05) is 0 Å². The van der Waals surface area contributed by atoms with Gasteiger partial charge in [-0.25, -0.2) is 4.98 Å². The molecule has 1 heterocycles. The van der Waals surface area contributed by atoms with Crippen molar-refractivity contribution in [1.82, 2.24) is 9.55 Å². The third kappa shape index (κ3) is 2.15. The maximum atomic E-state index is 11.0. The highest BCUT2D eigenvalue weighted by Crippen LogP contribution is 2.19. The van der Waals surface area contributed by atoms with Crippen LogP contribution in [0, 0.1) is 3.57 Å². The number of amides is 1. The number of imidazole rings is 1. The summed E-state index contributed by atoms with van der Waals surface area (Å²) in [5, 5.41) is 0. The fraction of sp³-hybridized carbons (Fsp3) is 0.200. The Balaban J connectivity index is 2.63. The molecular formula is C10H9ClIN3O. The molecule has 0 fully saturated rings. The molecule has 1 aromatic heterocycles. The van der Waals surface area contributed by atoms with Gasteiger partial charge in [-0.2, -0.15) is 0 Å². The lowest BCUT2D eigenvalue weighted by Crippen LogP contribution is -2.19. The molecule has 2 aromatic rings. The van der Waals surface area contributed by atoms with Gasteiger partial charge < -0.3 is 10.3 Å². The Hall–Kier alpha value is -0.820. The van der Waals surface area contributed by atoms with Gasteiger partial charge in [-0.05, 0) is 40.8 Å². The molecule has 2 rings (SSSR count). The quantitative estimate of drug-likeness (QED) is 0.679. The van der Waals surface area contributed by atoms with Crippen molar-refractivity contribution in [2.45, 2.75) is 12.4 Å². The number of hydrogen-bond acceptors (Lipinski definition) is 2. The molecule has 0 aliphatic rings. The standard InChI is InChI=1S/C10H9ClIN3O/c11-4-10-14-7-3-6(12)1-2-8(7)15(10)5-9(13)16/h1-3H,4-5H2,(H2,13,16). The van der Waals surface area contributed by atoms with Crippen LogP contribution in [0.4, 0.5) is 0 Å². The summed E-state index contributed by atoms with van der Waals surface area (Å²) in [7, 11) is 0. The summed E-state index contributed by atoms with van der Waals surface area (Å²) in [4.78, 5) is 15.3. The number of alkyl halides is 1. The van der Waals surface area contributed by atoms with Crippen molar-refractivity contribution in [1.29, 1.82) is 0 Å². The van der Waals surface area contributed by atoms with Gasteiger partial charge in [-0.15, -0.1) is 11.6 Å². The van der Waals surface area contributed by atoms with E-state index in [1.54, 1.807) is 4.57 Å². The molecule has 0 radical (unpaired) electrons. The van der Waals surface area contributed by atoms with E-state index in [0.717, 1.165) is 14.6 Å². The first-order valence-corrected chi connectivity index (χ1v) is 6.22. The molecule has 0 bridgehead atoms. The zero-order chi connectivity index (χ0) is 11.7. The highest BCUT2D eigenvalue weighted by atomic mass is 127. The van der Waals surface area contributed by atoms with Crippen LogP contribution in [0.5, 0.6) is 0 Å². The summed E-state index contributed by atoms with van der Waals surface area (Å²) in [6.45, 7) is 0.110. The largest absolute Gasteiger partial charge is 0.368 e. The van der Waals surface area contributed by atoms with Crippen LogP contribution >= 0.6 is 34.2 Å². The summed E-state index contributed by atoms with van der Waals surface area (Å²) in [5.74, 6) is 0.528. The molecule has 2 N–H and O–H groups in total. The molecule has 0 saturated heterocycles. The van der Waals surface area contributed by atoms with Crippen LogP contribution in [0.25, 0.3) is 11.0 Å². The van der Waals surface area contributed by atoms with E-state index < -0.39 is 5.91 Å². The SMILES string of the molecule is NC(=O)Cn1c(CCl)nc2cc(I)ccc21. The number of rotatable bonds is 3. The molecule has 6 heteroatoms. The number of fused-ring (bicyclic) bond motifs is 1. The van der Waals surface area contributed by atoms with Crippen LogP contribution in [-0.2, 0) is 17.2 Å². The number of carbonyl (C=O) groups is 1. The van der Waals surface area contributed by atoms with Gasteiger partial charge in [0.05, 0.1) is 16.9 Å². The summed E-state index contributed by atoms with van der Waals surface area (Å²) < 4.78 is 2.84. The number of aromatic nitrogens is 2. The molecule has 0 spiro atoms. The van der Waals surface area contributed by atoms with Gasteiger partial charge >= 0.3 is 0 Å². The third-order valence-electron chi connectivity index (χ3n) is 2.22. The van der Waals surface area contributed by atoms with Crippen molar-refractivity contribution < 1.29 is 4.79 Å². The summed E-state index contributed by atoms with van der Waals surface area (Å²) in [6, 6.07) is 5.83. The van der Waals surface area contributed by atoms with Crippen LogP contribution in [-0.4, -0.2) is 15.5 Å². The van der Waals surface area contributed by atoms with Crippen molar-refractivity contribution in [3.63, 3.8) is 0 Å². The van der Waals surface area contributed by atoms with Crippen molar-refractivity contribution in [2.24, 2.45) is 5.73 Å². The van der Waals surface area contributed by atoms with E-state index in [1.807, 2.05) is 18.2 Å². The minimum Gasteiger partial charge on any atom is -0.368 e. The normalized spacial score (nSPS) is 10.9. The summed E-state index contributed by atoms with van der Waals surface area (Å²) >= 11 is 8.00. The second-order valence-corrected chi connectivity index (χ2v) is 4.86. The van der Waals surface area contributed by atoms with Crippen LogP contribution in [0.2, 0.25) is 0 Å². The van der Waals surface area contributed by atoms with Crippen molar-refractivity contribution in [3.05, 3.63) is 27.6 Å². The van der Waals surface area contributed by atoms with Gasteiger partial charge in [0.25, 0.3) is 0 Å². The Labute approximate surface area is 111 Å². The average molecular weight is 350 g/mol. The smallest absolute Gasteiger partial charge is 0.237 e. The fourth-order valence-corrected chi connectivity index (χ4v) is 2.27. The summed E-state index contributed by atoms with van der Waals surface area (Å²) in [6.07, 6.45) is 0. The first kappa shape index (κ1) is 11.7. The minimum absolute atomic E-state index is 0.110. The number of carbonyl (C=O) groups excluding carboxylic acids is 1. The Morgan fingerprint density at radius 1 is 1.56 bits per heavy atom. The van der Waals surface area contributed by atoms with E-state index in [-0.39, 0.29) is 12.4 Å². The Bertz CT molecular complexity index is 552. The van der Waals surface area contributed by atoms with Crippen molar-refractivity contribution in [2.75, 3.05) is 0 Å². The predicted octanol–water partition coefficient (Wildman–Crippen LogP) is 1.86. The topological polar surface area (TPSA) is 60.9 Å². The predicted molar refractivity (Wildman–Crippen MR) is 71.2 cm³/mol. The molecule has 0 saturated carbocycles. The van der Waals surface area contributed by atoms with E-state index in [4.69, 9.17) is 17.3 Å². The first-order valence-electron chi connectivity index (χ1n) is 4.60. The number of nitrogens with two attached hydrogens (primary N) is 1. The second kappa shape index (κ2) is 4.58. The van der Waals surface area contributed by atoms with E-state index >= 15 is 0 Å². The number of nitrogens with zero attached hydrogens (tertiary/aromatic N) is 2. The maximum Gasteiger partial charge on any atom is 0.237 e. The third-order valence-corrected chi connectivity index (χ3v) is 3.13. The molecule has 0 unspecified atom stereocenters. The van der Waals surface area contributed by atoms with Gasteiger partial charge in [0.2, 0.25) is 5.91 Å². The average Bonchev–Trinajstić information content (AvgIpc) is 2.55. The molecule has 0 atom stereocenters. The van der Waals surface area contributed by atoms with Crippen LogP contribution < -0.4 is 5.73 Å². The fourth-order valence-electron chi connectivity index (χ4n) is 1.59. The number of hydrogen-bond donors (Lipinski definition) is 1. The van der Waals surface area contributed by atoms with Crippen LogP contribution in [0.15, 0.2) is 18.2 Å². The molecule has 4 nitrogen and oxygen atoms in total. The molecular weight excluding hydrogens is 340 g/mol. The molecule has 0 aliphatic heterocycles. The number of primary amides is 1. The van der Waals surface area contributed by atoms with Gasteiger partial charge in [0.15, 0.2) is 0 Å². The number of benzene rings is 1. The van der Waals surface area contributed by atoms with E-state index in [2.05, 4.69) is 27.6 Å². The number of halogens is 2. The second-order valence-electron chi connectivity index (χ2n) is 3.35. The Morgan fingerprint density at radius 2 is 2.31 bits per heavy atom. The molecule has 0 aliphatic carbocycles. The van der Waals surface area contributed by atoms with Gasteiger partial charge in [0.1, 0.15) is 12.4 Å². The lowest BCUT2D eigenvalue weighted by atomic mass is 10.3. The molecule has 1 amide bonds. The maximum absolute atomic E-state index is 11.0. The molecule has 1 aromatic carbocycles. The first-order chi connectivity index (χ1) is 7.61. The van der Waals surface area contributed by atoms with Crippen molar-refractivity contribution in [3.8, 4) is 0 Å². The van der Waals surface area contributed by atoms with Gasteiger partial charge in [0, 0.05) is 3.57 Å². The Morgan fingerprint density at radius 3 is 2.94 bits per heavy atom. The zero-order valence-electron chi connectivity index (χ0n) is 8.28. The monoisotopic (exact) mass is 349 g/mol. The van der Waals surface area contributed by atoms with Crippen LogP contribution in [0.1, 0.15) is 5.82 Å². The highest BCUT2D eigenvalue weighted by molar-refractivity contribution is 14.1. The lowest BCUT2D eigenvalue weighted by molar-refractivity contribution is -0.118. The van der Waals surface area contributed by atoms with E-state index in [1.165, 1.54) is 0 Å². The lowest BCUT2D eigenvalue weighted by Gasteiger charge is -2.03. The van der Waals surface area contributed by atoms with E-state index in [0.29, 0.717) is 5.82 Å². The minimum atomic E-state index is -0.399. The summed E-state index contributed by atoms with van der Waals surface area (Å²) in [5.41, 5.74) is 6.92. The molecule has 16 heavy (non-hydrogen) atoms. The highest BCUT2D eigenvalue weighted by Gasteiger charge is 2.11.